The van der Waals surface area contributed by atoms with Crippen LogP contribution < -0.4 is 20.1 Å². The second-order valence-electron chi connectivity index (χ2n) is 14.7. The van der Waals surface area contributed by atoms with Gasteiger partial charge in [0.2, 0.25) is 0 Å². The summed E-state index contributed by atoms with van der Waals surface area (Å²) >= 11 is 0. The van der Waals surface area contributed by atoms with E-state index in [9.17, 15) is 0 Å². The third-order valence-electron chi connectivity index (χ3n) is 11.4. The van der Waals surface area contributed by atoms with E-state index in [1.165, 1.54) is 0 Å². The Kier molecular flexibility index (Phi) is 6.53. The van der Waals surface area contributed by atoms with E-state index in [0.717, 1.165) is 112 Å². The lowest BCUT2D eigenvalue weighted by atomic mass is 9.91. The highest BCUT2D eigenvalue weighted by Gasteiger charge is 2.29. The van der Waals surface area contributed by atoms with Crippen molar-refractivity contribution in [1.82, 2.24) is 10.4 Å². The number of rotatable bonds is 4. The summed E-state index contributed by atoms with van der Waals surface area (Å²) in [6.45, 7) is 0. The molecule has 5 heterocycles. The number of nitrogens with one attached hydrogen (secondary N) is 2. The van der Waals surface area contributed by atoms with Crippen molar-refractivity contribution in [2.24, 2.45) is 0 Å². The van der Waals surface area contributed by atoms with E-state index in [4.69, 9.17) is 22.8 Å². The maximum atomic E-state index is 6.59. The van der Waals surface area contributed by atoms with Crippen molar-refractivity contribution in [2.45, 2.75) is 0 Å². The molecule has 278 valence electrons. The van der Waals surface area contributed by atoms with Crippen molar-refractivity contribution in [3.05, 3.63) is 158 Å². The normalized spacial score (nSPS) is 12.6. The number of hydrogen-bond donors (Lipinski definition) is 2. The first-order chi connectivity index (χ1) is 29.2. The molecule has 0 bridgehead atoms. The second kappa shape index (κ2) is 12.1. The molecule has 2 N–H and O–H groups in total. The van der Waals surface area contributed by atoms with Crippen LogP contribution in [0.1, 0.15) is 0 Å². The molecule has 0 saturated carbocycles. The molecule has 11 aromatic rings. The maximum absolute atomic E-state index is 6.59. The molecule has 0 saturated heterocycles. The van der Waals surface area contributed by atoms with E-state index in [-0.39, 0.29) is 0 Å². The van der Waals surface area contributed by atoms with Gasteiger partial charge in [-0.25, -0.2) is 0 Å². The van der Waals surface area contributed by atoms with E-state index < -0.39 is 0 Å². The number of fused-ring (bicyclic) bond motifs is 12. The van der Waals surface area contributed by atoms with Crippen LogP contribution in [0.4, 0.5) is 22.7 Å². The van der Waals surface area contributed by atoms with Crippen molar-refractivity contribution in [3.8, 4) is 67.8 Å². The minimum Gasteiger partial charge on any atom is -0.456 e. The summed E-state index contributed by atoms with van der Waals surface area (Å²) in [5.74, 6) is 3.43. The molecule has 0 spiro atoms. The van der Waals surface area contributed by atoms with Gasteiger partial charge in [-0.1, -0.05) is 109 Å². The molecular formula is C50H28N4O5. The highest BCUT2D eigenvalue weighted by atomic mass is 16.5. The van der Waals surface area contributed by atoms with Crippen molar-refractivity contribution in [1.29, 1.82) is 0 Å². The van der Waals surface area contributed by atoms with Crippen LogP contribution in [-0.2, 0) is 0 Å². The first kappa shape index (κ1) is 31.9. The van der Waals surface area contributed by atoms with Gasteiger partial charge in [0.15, 0.2) is 28.8 Å². The molecule has 0 radical (unpaired) electrons. The summed E-state index contributed by atoms with van der Waals surface area (Å²) in [6.07, 6.45) is 0. The Hall–Kier alpha value is -8.30. The Morgan fingerprint density at radius 2 is 0.814 bits per heavy atom. The fraction of sp³-hybridized carbons (Fsp3) is 0. The molecule has 59 heavy (non-hydrogen) atoms. The fourth-order valence-corrected chi connectivity index (χ4v) is 8.82. The summed E-state index contributed by atoms with van der Waals surface area (Å²) in [7, 11) is 0. The lowest BCUT2D eigenvalue weighted by Crippen LogP contribution is -2.05. The largest absolute Gasteiger partial charge is 0.456 e. The van der Waals surface area contributed by atoms with Crippen LogP contribution in [0, 0.1) is 0 Å². The van der Waals surface area contributed by atoms with E-state index >= 15 is 0 Å². The molecular weight excluding hydrogens is 737 g/mol. The standard InChI is InChI=1S/C50H28N4O5/c1-3-13-31(27(11-1)29-17-9-21-39-45(29)51-48-41(57-39)25-23-37-43(48)33-15-5-7-19-35(33)55-37)47-50(59-54-53-47)32-14-4-2-12-28(32)30-18-10-22-40-46(30)52-49-42(58-40)26-24-38-44(49)34-16-6-8-20-36(34)56-38/h1-26,51-52H. The SMILES string of the molecule is c1ccc(-c2nnoc2-c2ccccc2-c2cccc3c2Nc2c(ccc4oc5ccccc5c24)O3)c(-c2cccc3c2Nc2c(ccc4oc5ccccc5c24)O3)c1. The lowest BCUT2D eigenvalue weighted by Gasteiger charge is -2.25. The van der Waals surface area contributed by atoms with Gasteiger partial charge in [0, 0.05) is 38.3 Å². The first-order valence-electron chi connectivity index (χ1n) is 19.3. The number of nitrogens with zero attached hydrogens (tertiary/aromatic N) is 2. The molecule has 9 heteroatoms. The van der Waals surface area contributed by atoms with Crippen LogP contribution in [0.2, 0.25) is 0 Å². The minimum atomic E-state index is 0.539. The third-order valence-corrected chi connectivity index (χ3v) is 11.4. The number of ether oxygens (including phenoxy) is 2. The zero-order valence-electron chi connectivity index (χ0n) is 30.9. The number of benzene rings is 8. The van der Waals surface area contributed by atoms with Gasteiger partial charge >= 0.3 is 0 Å². The summed E-state index contributed by atoms with van der Waals surface area (Å²) < 4.78 is 31.7. The molecule has 2 aliphatic rings. The van der Waals surface area contributed by atoms with Crippen molar-refractivity contribution < 1.29 is 22.8 Å². The minimum absolute atomic E-state index is 0.539. The average molecular weight is 765 g/mol. The first-order valence-corrected chi connectivity index (χ1v) is 19.3. The van der Waals surface area contributed by atoms with Gasteiger partial charge in [-0.05, 0) is 59.7 Å². The predicted octanol–water partition coefficient (Wildman–Crippen LogP) is 14.2. The summed E-state index contributed by atoms with van der Waals surface area (Å²) in [6, 6.07) is 52.4. The monoisotopic (exact) mass is 764 g/mol. The summed E-state index contributed by atoms with van der Waals surface area (Å²) in [4.78, 5) is 0. The van der Waals surface area contributed by atoms with Crippen LogP contribution >= 0.6 is 0 Å². The van der Waals surface area contributed by atoms with E-state index in [1.54, 1.807) is 0 Å². The lowest BCUT2D eigenvalue weighted by molar-refractivity contribution is 0.404. The Morgan fingerprint density at radius 1 is 0.356 bits per heavy atom. The Bertz CT molecular complexity index is 3310. The zero-order valence-corrected chi connectivity index (χ0v) is 30.9. The van der Waals surface area contributed by atoms with E-state index in [2.05, 4.69) is 63.5 Å². The maximum Gasteiger partial charge on any atom is 0.195 e. The van der Waals surface area contributed by atoms with Crippen LogP contribution in [0.15, 0.2) is 171 Å². The number of aromatic nitrogens is 2. The third kappa shape index (κ3) is 4.66. The molecule has 0 amide bonds. The number of anilines is 4. The van der Waals surface area contributed by atoms with E-state index in [1.807, 2.05) is 115 Å². The van der Waals surface area contributed by atoms with Gasteiger partial charge in [-0.15, -0.1) is 5.10 Å². The summed E-state index contributed by atoms with van der Waals surface area (Å²) in [5.41, 5.74) is 12.6. The predicted molar refractivity (Wildman–Crippen MR) is 230 cm³/mol. The summed E-state index contributed by atoms with van der Waals surface area (Å²) in [5, 5.41) is 20.3. The second-order valence-corrected chi connectivity index (χ2v) is 14.7. The van der Waals surface area contributed by atoms with Gasteiger partial charge in [-0.3, -0.25) is 0 Å². The van der Waals surface area contributed by atoms with Crippen LogP contribution in [0.3, 0.4) is 0 Å². The quantitative estimate of drug-likeness (QED) is 0.181. The Morgan fingerprint density at radius 3 is 1.39 bits per heavy atom. The topological polar surface area (TPSA) is 108 Å². The molecule has 0 aliphatic carbocycles. The molecule has 2 aliphatic heterocycles. The van der Waals surface area contributed by atoms with Crippen LogP contribution in [0.25, 0.3) is 88.7 Å². The molecule has 0 atom stereocenters. The van der Waals surface area contributed by atoms with Crippen molar-refractivity contribution >= 4 is 66.6 Å². The van der Waals surface area contributed by atoms with Crippen molar-refractivity contribution in [2.75, 3.05) is 10.6 Å². The number of hydrogen-bond acceptors (Lipinski definition) is 9. The van der Waals surface area contributed by atoms with Crippen LogP contribution in [0.5, 0.6) is 23.0 Å². The Balaban J connectivity index is 0.931. The van der Waals surface area contributed by atoms with Gasteiger partial charge in [0.25, 0.3) is 0 Å². The zero-order chi connectivity index (χ0) is 38.6. The highest BCUT2D eigenvalue weighted by Crippen LogP contribution is 2.54. The molecule has 13 rings (SSSR count). The van der Waals surface area contributed by atoms with Gasteiger partial charge < -0.3 is 33.5 Å². The van der Waals surface area contributed by atoms with E-state index in [0.29, 0.717) is 23.0 Å². The highest BCUT2D eigenvalue weighted by molar-refractivity contribution is 6.16. The number of para-hydroxylation sites is 4. The Labute approximate surface area is 335 Å². The van der Waals surface area contributed by atoms with Gasteiger partial charge in [0.1, 0.15) is 28.0 Å². The molecule has 0 fully saturated rings. The average Bonchev–Trinajstić information content (AvgIpc) is 4.03. The van der Waals surface area contributed by atoms with Crippen molar-refractivity contribution in [3.63, 3.8) is 0 Å². The molecule has 8 aromatic carbocycles. The number of furan rings is 2. The van der Waals surface area contributed by atoms with Gasteiger partial charge in [0.05, 0.1) is 33.5 Å². The smallest absolute Gasteiger partial charge is 0.195 e. The van der Waals surface area contributed by atoms with Gasteiger partial charge in [-0.2, -0.15) is 0 Å². The molecule has 3 aromatic heterocycles. The fourth-order valence-electron chi connectivity index (χ4n) is 8.82. The molecule has 0 unspecified atom stereocenters. The van der Waals surface area contributed by atoms with Crippen LogP contribution in [-0.4, -0.2) is 10.4 Å². The molecule has 9 nitrogen and oxygen atoms in total.